The van der Waals surface area contributed by atoms with Crippen molar-refractivity contribution in [1.29, 1.82) is 0 Å². The Hall–Kier alpha value is -0.230. The summed E-state index contributed by atoms with van der Waals surface area (Å²) >= 11 is 31.0. The molecule has 2 aromatic carbocycles. The number of aromatic nitrogens is 1. The Morgan fingerprint density at radius 3 is 2.03 bits per heavy atom. The second kappa shape index (κ2) is 11.3. The van der Waals surface area contributed by atoms with E-state index < -0.39 is 5.79 Å². The van der Waals surface area contributed by atoms with Gasteiger partial charge in [0.1, 0.15) is 4.62 Å². The predicted octanol–water partition coefficient (Wildman–Crippen LogP) is 9.91. The summed E-state index contributed by atoms with van der Waals surface area (Å²) in [7, 11) is 3.16. The van der Waals surface area contributed by atoms with Crippen LogP contribution in [0.25, 0.3) is 5.57 Å². The molecule has 2 heterocycles. The molecular weight excluding hydrogens is 819 g/mol. The molecule has 1 aliphatic heterocycles. The Morgan fingerprint density at radius 2 is 1.49 bits per heavy atom. The molecule has 35 heavy (non-hydrogen) atoms. The fourth-order valence-electron chi connectivity index (χ4n) is 3.81. The van der Waals surface area contributed by atoms with Crippen LogP contribution >= 0.6 is 103 Å². The van der Waals surface area contributed by atoms with Crippen LogP contribution in [0.1, 0.15) is 22.5 Å². The number of aromatic amines is 1. The number of benzene rings is 2. The van der Waals surface area contributed by atoms with Crippen LogP contribution in [-0.2, 0) is 15.3 Å². The molecule has 3 aromatic rings. The monoisotopic (exact) mass is 828 g/mol. The van der Waals surface area contributed by atoms with Gasteiger partial charge in [-0.2, -0.15) is 0 Å². The topological polar surface area (TPSA) is 46.6 Å². The largest absolute Gasteiger partial charge is 0.352 e. The lowest BCUT2D eigenvalue weighted by Gasteiger charge is -2.31. The molecule has 0 radical (unpaired) electrons. The molecule has 0 saturated heterocycles. The number of rotatable bonds is 6. The number of methoxy groups -OCH3 is 2. The maximum atomic E-state index is 6.38. The highest BCUT2D eigenvalue weighted by Crippen LogP contribution is 2.48. The van der Waals surface area contributed by atoms with Gasteiger partial charge in [0.25, 0.3) is 0 Å². The first-order valence-corrected chi connectivity index (χ1v) is 14.6. The summed E-state index contributed by atoms with van der Waals surface area (Å²) in [6, 6.07) is 14.9. The van der Waals surface area contributed by atoms with Gasteiger partial charge >= 0.3 is 0 Å². The third-order valence-electron chi connectivity index (χ3n) is 5.38. The molecule has 1 aromatic heterocycles. The van der Waals surface area contributed by atoms with E-state index in [4.69, 9.17) is 37.7 Å². The van der Waals surface area contributed by atoms with Gasteiger partial charge in [-0.25, -0.2) is 4.99 Å². The lowest BCUT2D eigenvalue weighted by molar-refractivity contribution is -0.186. The predicted molar refractivity (Wildman–Crippen MR) is 161 cm³/mol. The Labute approximate surface area is 254 Å². The number of ether oxygens (including phenoxy) is 2. The zero-order valence-electron chi connectivity index (χ0n) is 18.0. The minimum Gasteiger partial charge on any atom is -0.352 e. The number of hydrogen-bond donors (Lipinski definition) is 1. The zero-order chi connectivity index (χ0) is 25.5. The number of hydrogen-bond acceptors (Lipinski definition) is 3. The average molecular weight is 834 g/mol. The van der Waals surface area contributed by atoms with Crippen LogP contribution in [0.4, 0.5) is 0 Å². The maximum absolute atomic E-state index is 6.38. The van der Waals surface area contributed by atoms with Crippen molar-refractivity contribution in [2.45, 2.75) is 5.79 Å². The second-order valence-electron chi connectivity index (χ2n) is 7.30. The van der Waals surface area contributed by atoms with E-state index >= 15 is 0 Å². The van der Waals surface area contributed by atoms with Crippen molar-refractivity contribution >= 4 is 113 Å². The standard InChI is InChI=1S/C24H15Br5Cl2N2O2/c1-34-24(35-2,12-6-4-8-14(31)10-12)22-18(27)16(25)20(32-22)15(11-5-3-7-13(30)9-11)21-17(26)19(28)23(29)33-21/h3-10,32H,1-2H3/b21-15-. The van der Waals surface area contributed by atoms with Crippen LogP contribution in [-0.4, -0.2) is 23.8 Å². The third kappa shape index (κ3) is 5.10. The number of halogens is 7. The summed E-state index contributed by atoms with van der Waals surface area (Å²) in [6.45, 7) is 0. The molecule has 11 heteroatoms. The molecule has 0 fully saturated rings. The van der Waals surface area contributed by atoms with Crippen LogP contribution in [0, 0.1) is 0 Å². The van der Waals surface area contributed by atoms with E-state index in [1.54, 1.807) is 26.4 Å². The molecule has 0 atom stereocenters. The Bertz CT molecular complexity index is 1410. The van der Waals surface area contributed by atoms with E-state index in [9.17, 15) is 0 Å². The van der Waals surface area contributed by atoms with Crippen LogP contribution in [0.2, 0.25) is 10.0 Å². The molecule has 0 saturated carbocycles. The number of aliphatic imine (C=N–C) groups is 1. The number of H-pyrrole nitrogens is 1. The van der Waals surface area contributed by atoms with Gasteiger partial charge in [0, 0.05) is 35.4 Å². The van der Waals surface area contributed by atoms with E-state index in [0.717, 1.165) is 40.3 Å². The SMILES string of the molecule is COC(OC)(c1cccc(Cl)c1)c1[nH]c(/C(=C2\N=C(Br)C(Br)=C2Br)c2cccc(Cl)c2)c(Br)c1Br. The van der Waals surface area contributed by atoms with Crippen LogP contribution in [0.3, 0.4) is 0 Å². The minimum atomic E-state index is -1.28. The van der Waals surface area contributed by atoms with Crippen molar-refractivity contribution in [3.8, 4) is 0 Å². The molecule has 4 rings (SSSR count). The number of allylic oxidation sites excluding steroid dienone is 2. The lowest BCUT2D eigenvalue weighted by atomic mass is 10.0. The molecule has 182 valence electrons. The van der Waals surface area contributed by atoms with Crippen LogP contribution < -0.4 is 0 Å². The van der Waals surface area contributed by atoms with Gasteiger partial charge in [0.05, 0.1) is 35.0 Å². The van der Waals surface area contributed by atoms with Gasteiger partial charge < -0.3 is 14.5 Å². The molecule has 1 N–H and O–H groups in total. The summed E-state index contributed by atoms with van der Waals surface area (Å²) in [6.07, 6.45) is 0. The van der Waals surface area contributed by atoms with E-state index in [2.05, 4.69) is 84.6 Å². The smallest absolute Gasteiger partial charge is 0.238 e. The first-order chi connectivity index (χ1) is 16.6. The van der Waals surface area contributed by atoms with E-state index in [0.29, 0.717) is 26.1 Å². The van der Waals surface area contributed by atoms with Crippen molar-refractivity contribution in [2.24, 2.45) is 4.99 Å². The molecule has 4 nitrogen and oxygen atoms in total. The first-order valence-electron chi connectivity index (χ1n) is 9.89. The maximum Gasteiger partial charge on any atom is 0.238 e. The number of nitrogens with zero attached hydrogens (tertiary/aromatic N) is 1. The lowest BCUT2D eigenvalue weighted by Crippen LogP contribution is -2.33. The second-order valence-corrected chi connectivity index (χ2v) is 12.1. The highest BCUT2D eigenvalue weighted by Gasteiger charge is 2.40. The summed E-state index contributed by atoms with van der Waals surface area (Å²) in [4.78, 5) is 8.28. The third-order valence-corrected chi connectivity index (χ3v) is 11.2. The highest BCUT2D eigenvalue weighted by atomic mass is 79.9. The van der Waals surface area contributed by atoms with Crippen LogP contribution in [0.15, 0.2) is 77.1 Å². The molecule has 0 spiro atoms. The van der Waals surface area contributed by atoms with Gasteiger partial charge in [-0.3, -0.25) is 0 Å². The van der Waals surface area contributed by atoms with Gasteiger partial charge in [-0.05, 0) is 109 Å². The van der Waals surface area contributed by atoms with Gasteiger partial charge in [0.2, 0.25) is 5.79 Å². The van der Waals surface area contributed by atoms with E-state index in [1.165, 1.54) is 0 Å². The Balaban J connectivity index is 2.04. The fourth-order valence-corrected chi connectivity index (χ4v) is 6.64. The zero-order valence-corrected chi connectivity index (χ0v) is 27.5. The normalized spacial score (nSPS) is 15.6. The first kappa shape index (κ1) is 27.8. The van der Waals surface area contributed by atoms with Crippen molar-refractivity contribution in [2.75, 3.05) is 14.2 Å². The van der Waals surface area contributed by atoms with Crippen molar-refractivity contribution in [1.82, 2.24) is 4.98 Å². The minimum absolute atomic E-state index is 0.564. The van der Waals surface area contributed by atoms with Crippen molar-refractivity contribution in [3.05, 3.63) is 105 Å². The molecule has 0 aliphatic carbocycles. The number of nitrogens with one attached hydrogen (secondary N) is 1. The molecular formula is C24H15Br5Cl2N2O2. The van der Waals surface area contributed by atoms with E-state index in [1.807, 2.05) is 36.4 Å². The van der Waals surface area contributed by atoms with Gasteiger partial charge in [0.15, 0.2) is 0 Å². The van der Waals surface area contributed by atoms with Crippen molar-refractivity contribution < 1.29 is 9.47 Å². The summed E-state index contributed by atoms with van der Waals surface area (Å²) in [5.74, 6) is -1.28. The quantitative estimate of drug-likeness (QED) is 0.252. The Kier molecular flexibility index (Phi) is 8.94. The van der Waals surface area contributed by atoms with E-state index in [-0.39, 0.29) is 0 Å². The molecule has 0 unspecified atom stereocenters. The fraction of sp³-hybridized carbons (Fsp3) is 0.125. The summed E-state index contributed by atoms with van der Waals surface area (Å²) in [5, 5.41) is 1.17. The van der Waals surface area contributed by atoms with Crippen molar-refractivity contribution in [3.63, 3.8) is 0 Å². The Morgan fingerprint density at radius 1 is 0.857 bits per heavy atom. The summed E-state index contributed by atoms with van der Waals surface area (Å²) in [5.41, 5.74) is 4.46. The van der Waals surface area contributed by atoms with Gasteiger partial charge in [-0.1, -0.05) is 47.5 Å². The van der Waals surface area contributed by atoms with Gasteiger partial charge in [-0.15, -0.1) is 0 Å². The highest BCUT2D eigenvalue weighted by molar-refractivity contribution is 9.21. The molecule has 0 amide bonds. The summed E-state index contributed by atoms with van der Waals surface area (Å²) < 4.78 is 15.7. The molecule has 0 bridgehead atoms. The average Bonchev–Trinajstić information content (AvgIpc) is 3.27. The molecule has 1 aliphatic rings. The van der Waals surface area contributed by atoms with Crippen LogP contribution in [0.5, 0.6) is 0 Å².